The third-order valence-corrected chi connectivity index (χ3v) is 8.52. The van der Waals surface area contributed by atoms with Crippen molar-refractivity contribution in [3.63, 3.8) is 0 Å². The van der Waals surface area contributed by atoms with E-state index in [-0.39, 0.29) is 48.1 Å². The average molecular weight is 441 g/mol. The van der Waals surface area contributed by atoms with Gasteiger partial charge in [-0.15, -0.1) is 0 Å². The Hall–Kier alpha value is -3.21. The Labute approximate surface area is 194 Å². The van der Waals surface area contributed by atoms with Gasteiger partial charge >= 0.3 is 0 Å². The summed E-state index contributed by atoms with van der Waals surface area (Å²) in [5.41, 5.74) is 4.22. The molecule has 7 rings (SSSR count). The standard InChI is InChI=1S/C28H28N2O3/c1-15-8-6-10-23(17(15)3)29(26(31)18-9-5-4-7-16(18)2)14-30-27(32)24-19-11-12-20(22-13-21(19)22)25(24)28(30)33/h4-12,19-22,24-25H,13-14H2,1-3H3. The summed E-state index contributed by atoms with van der Waals surface area (Å²) >= 11 is 0. The van der Waals surface area contributed by atoms with Crippen molar-refractivity contribution in [1.82, 2.24) is 4.90 Å². The van der Waals surface area contributed by atoms with Gasteiger partial charge in [0, 0.05) is 11.3 Å². The highest BCUT2D eigenvalue weighted by Gasteiger charge is 2.67. The van der Waals surface area contributed by atoms with Crippen LogP contribution in [-0.4, -0.2) is 29.3 Å². The smallest absolute Gasteiger partial charge is 0.260 e. The lowest BCUT2D eigenvalue weighted by molar-refractivity contribution is -0.140. The molecule has 0 N–H and O–H groups in total. The van der Waals surface area contributed by atoms with E-state index in [9.17, 15) is 14.4 Å². The Morgan fingerprint density at radius 3 is 2.12 bits per heavy atom. The molecule has 6 atom stereocenters. The van der Waals surface area contributed by atoms with E-state index in [0.717, 1.165) is 28.8 Å². The molecule has 168 valence electrons. The SMILES string of the molecule is Cc1ccccc1C(=O)N(CN1C(=O)C2C3C=CC(C4CC34)C2C1=O)c1cccc(C)c1C. The molecule has 4 aliphatic carbocycles. The number of hydrogen-bond acceptors (Lipinski definition) is 3. The molecule has 1 saturated heterocycles. The molecule has 2 bridgehead atoms. The number of rotatable bonds is 4. The fraction of sp³-hybridized carbons (Fsp3) is 0.393. The first kappa shape index (κ1) is 20.4. The number of carbonyl (C=O) groups excluding carboxylic acids is 3. The molecule has 1 aliphatic heterocycles. The number of aryl methyl sites for hydroxylation is 2. The Morgan fingerprint density at radius 2 is 1.48 bits per heavy atom. The molecule has 1 heterocycles. The van der Waals surface area contributed by atoms with Crippen molar-refractivity contribution in [3.05, 3.63) is 76.9 Å². The highest BCUT2D eigenvalue weighted by Crippen LogP contribution is 2.65. The Bertz CT molecular complexity index is 1200. The van der Waals surface area contributed by atoms with Gasteiger partial charge in [0.05, 0.1) is 11.8 Å². The van der Waals surface area contributed by atoms with Crippen LogP contribution in [0.15, 0.2) is 54.6 Å². The van der Waals surface area contributed by atoms with Gasteiger partial charge in [0.1, 0.15) is 6.67 Å². The number of likely N-dealkylation sites (tertiary alicyclic amines) is 1. The molecule has 0 radical (unpaired) electrons. The van der Waals surface area contributed by atoms with Crippen LogP contribution < -0.4 is 4.90 Å². The number of amides is 3. The van der Waals surface area contributed by atoms with Gasteiger partial charge in [-0.2, -0.15) is 0 Å². The number of carbonyl (C=O) groups is 3. The van der Waals surface area contributed by atoms with Crippen LogP contribution in [-0.2, 0) is 9.59 Å². The minimum Gasteiger partial charge on any atom is -0.289 e. The van der Waals surface area contributed by atoms with Crippen molar-refractivity contribution in [3.8, 4) is 0 Å². The van der Waals surface area contributed by atoms with Crippen LogP contribution in [0.25, 0.3) is 0 Å². The first-order chi connectivity index (χ1) is 15.9. The van der Waals surface area contributed by atoms with E-state index in [1.807, 2.05) is 57.2 Å². The number of hydrogen-bond donors (Lipinski definition) is 0. The van der Waals surface area contributed by atoms with Crippen molar-refractivity contribution >= 4 is 23.4 Å². The summed E-state index contributed by atoms with van der Waals surface area (Å²) in [5.74, 6) is 0.533. The van der Waals surface area contributed by atoms with Crippen LogP contribution in [0, 0.1) is 56.3 Å². The zero-order chi connectivity index (χ0) is 23.0. The number of benzene rings is 2. The molecule has 0 aromatic heterocycles. The summed E-state index contributed by atoms with van der Waals surface area (Å²) in [6.07, 6.45) is 5.49. The van der Waals surface area contributed by atoms with Crippen LogP contribution in [0.4, 0.5) is 5.69 Å². The zero-order valence-corrected chi connectivity index (χ0v) is 19.2. The normalized spacial score (nSPS) is 30.9. The molecular weight excluding hydrogens is 412 g/mol. The maximum atomic E-state index is 13.8. The van der Waals surface area contributed by atoms with Crippen molar-refractivity contribution in [1.29, 1.82) is 0 Å². The topological polar surface area (TPSA) is 57.7 Å². The molecule has 5 nitrogen and oxygen atoms in total. The van der Waals surface area contributed by atoms with Gasteiger partial charge in [0.2, 0.25) is 11.8 Å². The van der Waals surface area contributed by atoms with E-state index >= 15 is 0 Å². The summed E-state index contributed by atoms with van der Waals surface area (Å²) < 4.78 is 0. The second-order valence-electron chi connectivity index (χ2n) is 10.2. The molecule has 2 saturated carbocycles. The van der Waals surface area contributed by atoms with E-state index in [2.05, 4.69) is 12.2 Å². The van der Waals surface area contributed by atoms with E-state index < -0.39 is 0 Å². The van der Waals surface area contributed by atoms with E-state index in [1.54, 1.807) is 11.0 Å². The summed E-state index contributed by atoms with van der Waals surface area (Å²) in [7, 11) is 0. The van der Waals surface area contributed by atoms with Gasteiger partial charge in [0.15, 0.2) is 0 Å². The summed E-state index contributed by atoms with van der Waals surface area (Å²) in [6, 6.07) is 13.3. The zero-order valence-electron chi connectivity index (χ0n) is 19.2. The van der Waals surface area contributed by atoms with Crippen molar-refractivity contribution in [2.75, 3.05) is 11.6 Å². The van der Waals surface area contributed by atoms with Crippen LogP contribution in [0.1, 0.15) is 33.5 Å². The minimum absolute atomic E-state index is 0.0447. The Balaban J connectivity index is 1.38. The number of allylic oxidation sites excluding steroid dienone is 2. The average Bonchev–Trinajstić information content (AvgIpc) is 3.59. The molecule has 2 aromatic rings. The highest BCUT2D eigenvalue weighted by atomic mass is 16.2. The van der Waals surface area contributed by atoms with Gasteiger partial charge in [-0.05, 0) is 79.7 Å². The van der Waals surface area contributed by atoms with Gasteiger partial charge in [-0.1, -0.05) is 42.5 Å². The minimum atomic E-state index is -0.259. The van der Waals surface area contributed by atoms with Crippen LogP contribution >= 0.6 is 0 Å². The van der Waals surface area contributed by atoms with Crippen LogP contribution in [0.2, 0.25) is 0 Å². The fourth-order valence-electron chi connectivity index (χ4n) is 6.54. The lowest BCUT2D eigenvalue weighted by Crippen LogP contribution is -2.45. The second kappa shape index (κ2) is 7.14. The van der Waals surface area contributed by atoms with Crippen molar-refractivity contribution in [2.45, 2.75) is 27.2 Å². The maximum absolute atomic E-state index is 13.8. The van der Waals surface area contributed by atoms with Gasteiger partial charge in [0.25, 0.3) is 5.91 Å². The number of anilines is 1. The van der Waals surface area contributed by atoms with Crippen molar-refractivity contribution in [2.24, 2.45) is 35.5 Å². The molecule has 3 amide bonds. The molecule has 5 heteroatoms. The quantitative estimate of drug-likeness (QED) is 0.527. The predicted octanol–water partition coefficient (Wildman–Crippen LogP) is 4.27. The third kappa shape index (κ3) is 2.87. The van der Waals surface area contributed by atoms with E-state index in [1.165, 1.54) is 4.90 Å². The predicted molar refractivity (Wildman–Crippen MR) is 125 cm³/mol. The summed E-state index contributed by atoms with van der Waals surface area (Å²) in [6.45, 7) is 5.85. The highest BCUT2D eigenvalue weighted by molar-refractivity contribution is 6.10. The van der Waals surface area contributed by atoms with Crippen LogP contribution in [0.3, 0.4) is 0 Å². The Morgan fingerprint density at radius 1 is 0.879 bits per heavy atom. The lowest BCUT2D eigenvalue weighted by atomic mass is 9.63. The molecule has 0 spiro atoms. The maximum Gasteiger partial charge on any atom is 0.260 e. The summed E-state index contributed by atoms with van der Waals surface area (Å²) in [5, 5.41) is 0. The van der Waals surface area contributed by atoms with Gasteiger partial charge < -0.3 is 0 Å². The molecule has 33 heavy (non-hydrogen) atoms. The first-order valence-electron chi connectivity index (χ1n) is 11.9. The molecule has 3 fully saturated rings. The van der Waals surface area contributed by atoms with Gasteiger partial charge in [-0.25, -0.2) is 0 Å². The molecule has 5 aliphatic rings. The summed E-state index contributed by atoms with van der Waals surface area (Å²) in [4.78, 5) is 44.0. The van der Waals surface area contributed by atoms with E-state index in [4.69, 9.17) is 0 Å². The molecule has 2 aromatic carbocycles. The number of imide groups is 1. The van der Waals surface area contributed by atoms with Gasteiger partial charge in [-0.3, -0.25) is 24.2 Å². The largest absolute Gasteiger partial charge is 0.289 e. The Kier molecular flexibility index (Phi) is 4.42. The second-order valence-corrected chi connectivity index (χ2v) is 10.2. The monoisotopic (exact) mass is 440 g/mol. The van der Waals surface area contributed by atoms with Crippen LogP contribution in [0.5, 0.6) is 0 Å². The lowest BCUT2D eigenvalue weighted by Gasteiger charge is -2.37. The van der Waals surface area contributed by atoms with Crippen molar-refractivity contribution < 1.29 is 14.4 Å². The third-order valence-electron chi connectivity index (χ3n) is 8.52. The number of nitrogens with zero attached hydrogens (tertiary/aromatic N) is 2. The fourth-order valence-corrected chi connectivity index (χ4v) is 6.54. The van der Waals surface area contributed by atoms with E-state index in [0.29, 0.717) is 17.4 Å². The molecule has 6 unspecified atom stereocenters. The molecular formula is C28H28N2O3. The first-order valence-corrected chi connectivity index (χ1v) is 11.9.